The Balaban J connectivity index is 4.35. The minimum absolute atomic E-state index is 0.639. The number of nitrogens with one attached hydrogen (secondary N) is 2. The number of amides is 1. The minimum Gasteiger partial charge on any atom is -0.452 e. The molecule has 0 fully saturated rings. The summed E-state index contributed by atoms with van der Waals surface area (Å²) in [5, 5.41) is 0. The molecule has 78 valence electrons. The number of ether oxygens (including phenoxy) is 1. The molecule has 0 atom stereocenters. The summed E-state index contributed by atoms with van der Waals surface area (Å²) in [6.07, 6.45) is -1.02. The molecule has 0 aliphatic heterocycles. The lowest BCUT2D eigenvalue weighted by Gasteiger charge is -2.19. The summed E-state index contributed by atoms with van der Waals surface area (Å²) < 4.78 is 30.2. The van der Waals surface area contributed by atoms with Gasteiger partial charge in [-0.3, -0.25) is 0 Å². The molecular formula is C6H14N2O4S. The van der Waals surface area contributed by atoms with E-state index in [9.17, 15) is 13.2 Å². The largest absolute Gasteiger partial charge is 0.452 e. The van der Waals surface area contributed by atoms with Gasteiger partial charge >= 0.3 is 16.3 Å². The fraction of sp³-hybridized carbons (Fsp3) is 0.833. The van der Waals surface area contributed by atoms with E-state index in [0.717, 1.165) is 7.11 Å². The predicted octanol–water partition coefficient (Wildman–Crippen LogP) is -0.0247. The van der Waals surface area contributed by atoms with E-state index in [1.807, 2.05) is 0 Å². The maximum Gasteiger partial charge on any atom is 0.421 e. The average Bonchev–Trinajstić information content (AvgIpc) is 1.80. The van der Waals surface area contributed by atoms with Crippen LogP contribution in [0.25, 0.3) is 0 Å². The lowest BCUT2D eigenvalue weighted by Crippen LogP contribution is -2.48. The number of methoxy groups -OCH3 is 1. The predicted molar refractivity (Wildman–Crippen MR) is 47.3 cm³/mol. The Labute approximate surface area is 77.8 Å². The summed E-state index contributed by atoms with van der Waals surface area (Å²) in [5.41, 5.74) is -0.639. The Hall–Kier alpha value is -0.820. The molecule has 2 N–H and O–H groups in total. The van der Waals surface area contributed by atoms with E-state index in [0.29, 0.717) is 0 Å². The standard InChI is InChI=1S/C6H14N2O4S/c1-6(2,3)8-13(10,11)7-5(9)12-4/h8H,1-4H3,(H,7,9). The molecule has 0 radical (unpaired) electrons. The van der Waals surface area contributed by atoms with Gasteiger partial charge in [0.15, 0.2) is 0 Å². The van der Waals surface area contributed by atoms with Crippen LogP contribution in [0, 0.1) is 0 Å². The van der Waals surface area contributed by atoms with Crippen LogP contribution in [0.5, 0.6) is 0 Å². The highest BCUT2D eigenvalue weighted by molar-refractivity contribution is 7.88. The van der Waals surface area contributed by atoms with Crippen LogP contribution in [0.4, 0.5) is 4.79 Å². The van der Waals surface area contributed by atoms with Crippen LogP contribution in [-0.4, -0.2) is 27.2 Å². The Kier molecular flexibility index (Phi) is 3.68. The molecule has 1 amide bonds. The van der Waals surface area contributed by atoms with Crippen molar-refractivity contribution in [2.24, 2.45) is 0 Å². The maximum atomic E-state index is 11.1. The zero-order valence-corrected chi connectivity index (χ0v) is 8.86. The first kappa shape index (κ1) is 12.2. The number of carbonyl (C=O) groups excluding carboxylic acids is 1. The van der Waals surface area contributed by atoms with E-state index < -0.39 is 21.8 Å². The van der Waals surface area contributed by atoms with E-state index in [2.05, 4.69) is 9.46 Å². The van der Waals surface area contributed by atoms with E-state index >= 15 is 0 Å². The number of rotatable bonds is 2. The summed E-state index contributed by atoms with van der Waals surface area (Å²) in [7, 11) is -2.74. The topological polar surface area (TPSA) is 84.5 Å². The van der Waals surface area contributed by atoms with Gasteiger partial charge in [-0.1, -0.05) is 0 Å². The zero-order valence-electron chi connectivity index (χ0n) is 8.04. The van der Waals surface area contributed by atoms with E-state index in [4.69, 9.17) is 0 Å². The molecular weight excluding hydrogens is 196 g/mol. The lowest BCUT2D eigenvalue weighted by atomic mass is 10.1. The van der Waals surface area contributed by atoms with Gasteiger partial charge in [-0.05, 0) is 20.8 Å². The fourth-order valence-corrected chi connectivity index (χ4v) is 1.74. The van der Waals surface area contributed by atoms with Crippen molar-refractivity contribution in [1.29, 1.82) is 0 Å². The molecule has 0 rings (SSSR count). The molecule has 0 saturated heterocycles. The molecule has 0 saturated carbocycles. The van der Waals surface area contributed by atoms with Crippen LogP contribution in [0.3, 0.4) is 0 Å². The Morgan fingerprint density at radius 2 is 1.77 bits per heavy atom. The highest BCUT2D eigenvalue weighted by Gasteiger charge is 2.21. The molecule has 0 spiro atoms. The van der Waals surface area contributed by atoms with Gasteiger partial charge in [0.05, 0.1) is 7.11 Å². The van der Waals surface area contributed by atoms with Crippen LogP contribution < -0.4 is 9.44 Å². The number of hydrogen-bond acceptors (Lipinski definition) is 4. The number of hydrogen-bond donors (Lipinski definition) is 2. The van der Waals surface area contributed by atoms with Crippen LogP contribution in [0.2, 0.25) is 0 Å². The first-order chi connectivity index (χ1) is 5.66. The van der Waals surface area contributed by atoms with Gasteiger partial charge in [0.2, 0.25) is 0 Å². The van der Waals surface area contributed by atoms with Crippen molar-refractivity contribution in [1.82, 2.24) is 9.44 Å². The third kappa shape index (κ3) is 6.35. The average molecular weight is 210 g/mol. The van der Waals surface area contributed by atoms with Crippen molar-refractivity contribution in [2.75, 3.05) is 7.11 Å². The monoisotopic (exact) mass is 210 g/mol. The van der Waals surface area contributed by atoms with Crippen molar-refractivity contribution in [3.05, 3.63) is 0 Å². The normalized spacial score (nSPS) is 12.3. The quantitative estimate of drug-likeness (QED) is 0.670. The van der Waals surface area contributed by atoms with Crippen molar-refractivity contribution < 1.29 is 17.9 Å². The van der Waals surface area contributed by atoms with Crippen molar-refractivity contribution >= 4 is 16.3 Å². The van der Waals surface area contributed by atoms with Gasteiger partial charge in [0, 0.05) is 5.54 Å². The summed E-state index contributed by atoms with van der Waals surface area (Å²) >= 11 is 0. The third-order valence-corrected chi connectivity index (χ3v) is 2.16. The molecule has 0 aliphatic rings. The van der Waals surface area contributed by atoms with Crippen molar-refractivity contribution in [2.45, 2.75) is 26.3 Å². The van der Waals surface area contributed by atoms with Gasteiger partial charge in [-0.15, -0.1) is 0 Å². The molecule has 0 aromatic rings. The second-order valence-electron chi connectivity index (χ2n) is 3.45. The second-order valence-corrected chi connectivity index (χ2v) is 4.86. The van der Waals surface area contributed by atoms with E-state index in [1.165, 1.54) is 0 Å². The Morgan fingerprint density at radius 3 is 2.08 bits per heavy atom. The van der Waals surface area contributed by atoms with Gasteiger partial charge in [-0.25, -0.2) is 9.52 Å². The van der Waals surface area contributed by atoms with Gasteiger partial charge < -0.3 is 4.74 Å². The van der Waals surface area contributed by atoms with Gasteiger partial charge in [0.25, 0.3) is 0 Å². The molecule has 13 heavy (non-hydrogen) atoms. The Morgan fingerprint density at radius 1 is 1.31 bits per heavy atom. The van der Waals surface area contributed by atoms with Crippen molar-refractivity contribution in [3.63, 3.8) is 0 Å². The highest BCUT2D eigenvalue weighted by Crippen LogP contribution is 2.00. The first-order valence-corrected chi connectivity index (χ1v) is 5.04. The van der Waals surface area contributed by atoms with Crippen LogP contribution in [0.15, 0.2) is 0 Å². The molecule has 0 heterocycles. The molecule has 0 unspecified atom stereocenters. The van der Waals surface area contributed by atoms with Gasteiger partial charge in [-0.2, -0.15) is 13.1 Å². The summed E-state index contributed by atoms with van der Waals surface area (Å²) in [5.74, 6) is 0. The third-order valence-electron chi connectivity index (χ3n) is 0.844. The van der Waals surface area contributed by atoms with E-state index in [-0.39, 0.29) is 0 Å². The van der Waals surface area contributed by atoms with Crippen LogP contribution >= 0.6 is 0 Å². The summed E-state index contributed by atoms with van der Waals surface area (Å²) in [6, 6.07) is 0. The lowest BCUT2D eigenvalue weighted by molar-refractivity contribution is 0.177. The molecule has 0 aliphatic carbocycles. The maximum absolute atomic E-state index is 11.1. The minimum atomic E-state index is -3.83. The van der Waals surface area contributed by atoms with E-state index in [1.54, 1.807) is 25.5 Å². The van der Waals surface area contributed by atoms with Gasteiger partial charge in [0.1, 0.15) is 0 Å². The first-order valence-electron chi connectivity index (χ1n) is 3.56. The molecule has 0 aromatic heterocycles. The molecule has 0 bridgehead atoms. The van der Waals surface area contributed by atoms with Crippen LogP contribution in [0.1, 0.15) is 20.8 Å². The fourth-order valence-electron chi connectivity index (χ4n) is 0.580. The van der Waals surface area contributed by atoms with Crippen LogP contribution in [-0.2, 0) is 14.9 Å². The SMILES string of the molecule is COC(=O)NS(=O)(=O)NC(C)(C)C. The smallest absolute Gasteiger partial charge is 0.421 e. The molecule has 7 heteroatoms. The Bertz CT molecular complexity index is 277. The number of carbonyl (C=O) groups is 1. The summed E-state index contributed by atoms with van der Waals surface area (Å²) in [6.45, 7) is 4.97. The molecule has 0 aromatic carbocycles. The highest BCUT2D eigenvalue weighted by atomic mass is 32.2. The summed E-state index contributed by atoms with van der Waals surface area (Å²) in [4.78, 5) is 10.6. The second kappa shape index (κ2) is 3.93. The zero-order chi connectivity index (χ0) is 10.7. The molecule has 6 nitrogen and oxygen atoms in total. The van der Waals surface area contributed by atoms with Crippen molar-refractivity contribution in [3.8, 4) is 0 Å².